The fraction of sp³-hybridized carbons (Fsp3) is 0.125. The van der Waals surface area contributed by atoms with E-state index in [1.54, 1.807) is 48.5 Å². The van der Waals surface area contributed by atoms with Crippen LogP contribution in [0.1, 0.15) is 42.6 Å². The van der Waals surface area contributed by atoms with Gasteiger partial charge in [0.05, 0.1) is 5.92 Å². The van der Waals surface area contributed by atoms with Crippen molar-refractivity contribution in [3.63, 3.8) is 0 Å². The van der Waals surface area contributed by atoms with Crippen LogP contribution in [0.15, 0.2) is 78.9 Å². The predicted octanol–water partition coefficient (Wildman–Crippen LogP) is 5.00. The molecule has 0 aliphatic heterocycles. The van der Waals surface area contributed by atoms with Gasteiger partial charge in [-0.15, -0.1) is 0 Å². The molecule has 3 nitrogen and oxygen atoms in total. The molecule has 2 atom stereocenters. The topological polar surface area (TPSA) is 51.2 Å². The zero-order valence-electron chi connectivity index (χ0n) is 14.8. The van der Waals surface area contributed by atoms with Crippen LogP contribution in [0, 0.1) is 11.3 Å². The summed E-state index contributed by atoms with van der Waals surface area (Å²) in [7, 11) is 0. The first-order valence-corrected chi connectivity index (χ1v) is 9.48. The minimum atomic E-state index is -1.34. The first-order chi connectivity index (χ1) is 13.6. The molecule has 1 saturated carbocycles. The van der Waals surface area contributed by atoms with Gasteiger partial charge < -0.3 is 0 Å². The minimum absolute atomic E-state index is 0.217. The molecule has 0 aromatic heterocycles. The number of hydrogen-bond donors (Lipinski definition) is 0. The van der Waals surface area contributed by atoms with Crippen molar-refractivity contribution in [3.8, 4) is 0 Å². The molecule has 28 heavy (non-hydrogen) atoms. The number of carbonyl (C=O) groups excluding carboxylic acids is 3. The minimum Gasteiger partial charge on any atom is -0.294 e. The number of carbonyl (C=O) groups is 3. The number of halogens is 1. The third-order valence-electron chi connectivity index (χ3n) is 5.92. The van der Waals surface area contributed by atoms with Crippen LogP contribution in [0.25, 0.3) is 0 Å². The van der Waals surface area contributed by atoms with Crippen molar-refractivity contribution in [2.45, 2.75) is 5.92 Å². The fourth-order valence-electron chi connectivity index (χ4n) is 4.68. The summed E-state index contributed by atoms with van der Waals surface area (Å²) < 4.78 is 0. The van der Waals surface area contributed by atoms with Crippen molar-refractivity contribution in [1.29, 1.82) is 0 Å². The van der Waals surface area contributed by atoms with Crippen molar-refractivity contribution >= 4 is 29.0 Å². The summed E-state index contributed by atoms with van der Waals surface area (Å²) in [6.45, 7) is 0. The van der Waals surface area contributed by atoms with Gasteiger partial charge in [0.2, 0.25) is 0 Å². The molecular formula is C24H15ClO3. The normalized spacial score (nSPS) is 21.6. The Bertz CT molecular complexity index is 1110. The van der Waals surface area contributed by atoms with Crippen molar-refractivity contribution in [2.75, 3.05) is 0 Å². The third kappa shape index (κ3) is 2.14. The van der Waals surface area contributed by atoms with Crippen LogP contribution in [0.5, 0.6) is 0 Å². The van der Waals surface area contributed by atoms with Crippen LogP contribution in [-0.4, -0.2) is 17.3 Å². The summed E-state index contributed by atoms with van der Waals surface area (Å²) in [5.41, 5.74) is 0.735. The number of hydrogen-bond acceptors (Lipinski definition) is 3. The zero-order chi connectivity index (χ0) is 19.5. The monoisotopic (exact) mass is 386 g/mol. The van der Waals surface area contributed by atoms with Gasteiger partial charge in [-0.3, -0.25) is 14.4 Å². The van der Waals surface area contributed by atoms with Crippen LogP contribution < -0.4 is 0 Å². The Morgan fingerprint density at radius 1 is 0.786 bits per heavy atom. The molecule has 136 valence electrons. The SMILES string of the molecule is O=C(c1cccc(Cl)c1)[C@H]1[C@H](c2ccccc2)C12C(=O)c1ccccc1C2=O. The third-order valence-corrected chi connectivity index (χ3v) is 6.16. The second-order valence-electron chi connectivity index (χ2n) is 7.31. The second-order valence-corrected chi connectivity index (χ2v) is 7.75. The Labute approximate surface area is 167 Å². The highest BCUT2D eigenvalue weighted by Gasteiger charge is 2.78. The quantitative estimate of drug-likeness (QED) is 0.470. The Morgan fingerprint density at radius 2 is 1.39 bits per heavy atom. The van der Waals surface area contributed by atoms with Crippen molar-refractivity contribution < 1.29 is 14.4 Å². The van der Waals surface area contributed by atoms with E-state index in [-0.39, 0.29) is 17.3 Å². The molecule has 0 unspecified atom stereocenters. The average molecular weight is 387 g/mol. The Hall–Kier alpha value is -3.04. The van der Waals surface area contributed by atoms with E-state index < -0.39 is 17.3 Å². The first-order valence-electron chi connectivity index (χ1n) is 9.10. The largest absolute Gasteiger partial charge is 0.294 e. The summed E-state index contributed by atoms with van der Waals surface area (Å²) in [5, 5.41) is 0.448. The lowest BCUT2D eigenvalue weighted by Gasteiger charge is -2.07. The molecule has 5 rings (SSSR count). The molecule has 3 aromatic carbocycles. The highest BCUT2D eigenvalue weighted by molar-refractivity contribution is 6.35. The second kappa shape index (κ2) is 5.98. The van der Waals surface area contributed by atoms with Gasteiger partial charge in [0.1, 0.15) is 5.41 Å². The number of ketones is 3. The van der Waals surface area contributed by atoms with E-state index in [9.17, 15) is 14.4 Å². The predicted molar refractivity (Wildman–Crippen MR) is 106 cm³/mol. The molecule has 0 N–H and O–H groups in total. The Kier molecular flexibility index (Phi) is 3.65. The van der Waals surface area contributed by atoms with E-state index in [0.717, 1.165) is 5.56 Å². The number of Topliss-reactive ketones (excluding diaryl/α,β-unsaturated/α-hetero) is 3. The van der Waals surface area contributed by atoms with Crippen LogP contribution in [0.4, 0.5) is 0 Å². The molecule has 1 spiro atoms. The summed E-state index contributed by atoms with van der Waals surface area (Å²) >= 11 is 6.06. The Balaban J connectivity index is 1.67. The van der Waals surface area contributed by atoms with Crippen molar-refractivity contribution in [2.24, 2.45) is 11.3 Å². The van der Waals surface area contributed by atoms with Gasteiger partial charge in [-0.2, -0.15) is 0 Å². The van der Waals surface area contributed by atoms with E-state index in [2.05, 4.69) is 0 Å². The van der Waals surface area contributed by atoms with Gasteiger partial charge in [-0.1, -0.05) is 78.3 Å². The molecule has 1 fully saturated rings. The van der Waals surface area contributed by atoms with Crippen LogP contribution >= 0.6 is 11.6 Å². The smallest absolute Gasteiger partial charge is 0.178 e. The van der Waals surface area contributed by atoms with Crippen LogP contribution in [0.2, 0.25) is 5.02 Å². The molecular weight excluding hydrogens is 372 g/mol. The van der Waals surface area contributed by atoms with Gasteiger partial charge >= 0.3 is 0 Å². The Morgan fingerprint density at radius 3 is 2.00 bits per heavy atom. The molecule has 0 saturated heterocycles. The maximum Gasteiger partial charge on any atom is 0.178 e. The fourth-order valence-corrected chi connectivity index (χ4v) is 4.87. The standard InChI is InChI=1S/C24H15ClO3/c25-16-10-6-9-15(13-16)21(26)20-19(14-7-2-1-3-8-14)24(20)22(27)17-11-4-5-12-18(17)23(24)28/h1-13,19-20H/t19-,20+/m0/s1. The highest BCUT2D eigenvalue weighted by atomic mass is 35.5. The average Bonchev–Trinajstić information content (AvgIpc) is 3.38. The van der Waals surface area contributed by atoms with Gasteiger partial charge in [0, 0.05) is 27.6 Å². The number of benzene rings is 3. The summed E-state index contributed by atoms with van der Waals surface area (Å²) in [4.78, 5) is 40.2. The van der Waals surface area contributed by atoms with E-state index in [4.69, 9.17) is 11.6 Å². The van der Waals surface area contributed by atoms with Gasteiger partial charge in [0.15, 0.2) is 17.3 Å². The maximum absolute atomic E-state index is 13.4. The first kappa shape index (κ1) is 17.1. The van der Waals surface area contributed by atoms with Gasteiger partial charge in [0.25, 0.3) is 0 Å². The molecule has 0 bridgehead atoms. The molecule has 0 radical (unpaired) electrons. The summed E-state index contributed by atoms with van der Waals surface area (Å²) in [6.07, 6.45) is 0. The molecule has 0 heterocycles. The lowest BCUT2D eigenvalue weighted by atomic mass is 9.91. The highest BCUT2D eigenvalue weighted by Crippen LogP contribution is 2.70. The lowest BCUT2D eigenvalue weighted by Crippen LogP contribution is -2.23. The molecule has 3 aromatic rings. The van der Waals surface area contributed by atoms with E-state index in [0.29, 0.717) is 21.7 Å². The number of fused-ring (bicyclic) bond motifs is 1. The summed E-state index contributed by atoms with van der Waals surface area (Å²) in [6, 6.07) is 22.9. The van der Waals surface area contributed by atoms with Crippen LogP contribution in [-0.2, 0) is 0 Å². The van der Waals surface area contributed by atoms with E-state index in [1.807, 2.05) is 30.3 Å². The molecule has 4 heteroatoms. The molecule has 2 aliphatic rings. The lowest BCUT2D eigenvalue weighted by molar-refractivity contribution is 0.0764. The maximum atomic E-state index is 13.4. The van der Waals surface area contributed by atoms with E-state index >= 15 is 0 Å². The molecule has 0 amide bonds. The van der Waals surface area contributed by atoms with Gasteiger partial charge in [-0.25, -0.2) is 0 Å². The van der Waals surface area contributed by atoms with Gasteiger partial charge in [-0.05, 0) is 17.7 Å². The van der Waals surface area contributed by atoms with Crippen LogP contribution in [0.3, 0.4) is 0 Å². The summed E-state index contributed by atoms with van der Waals surface area (Å²) in [5.74, 6) is -1.90. The number of rotatable bonds is 3. The van der Waals surface area contributed by atoms with Crippen molar-refractivity contribution in [3.05, 3.63) is 106 Å². The molecule has 2 aliphatic carbocycles. The van der Waals surface area contributed by atoms with E-state index in [1.165, 1.54) is 0 Å². The zero-order valence-corrected chi connectivity index (χ0v) is 15.5. The van der Waals surface area contributed by atoms with Crippen molar-refractivity contribution in [1.82, 2.24) is 0 Å².